The third-order valence-corrected chi connectivity index (χ3v) is 16.0. The SMILES string of the molecule is C.C.CC[C@H]1CN([C@@H](Cc2ccc3ccccc3c2)C(=O)NC)CCN1C(=O)[C@@H](Cc1ccc(F)cc1)NC(=O)C(C)(C)NC(=O)OC(C)(C)C.CC[C@H]1CN([C@@H](Cc2ccc3ccccc3c2)C(=O)NC)CCN1C(=O)[C@H](N)Cc1ccc(F)cc1. The zero-order valence-corrected chi connectivity index (χ0v) is 50.6. The molecule has 6 aromatic carbocycles. The molecule has 0 unspecified atom stereocenters. The Morgan fingerprint density at radius 1 is 0.552 bits per heavy atom. The molecule has 0 bridgehead atoms. The lowest BCUT2D eigenvalue weighted by Gasteiger charge is -2.45. The second-order valence-corrected chi connectivity index (χ2v) is 23.8. The fourth-order valence-corrected chi connectivity index (χ4v) is 11.3. The molecule has 6 amide bonds. The molecule has 87 heavy (non-hydrogen) atoms. The van der Waals surface area contributed by atoms with Gasteiger partial charge in [0.05, 0.1) is 18.1 Å². The van der Waals surface area contributed by atoms with Crippen LogP contribution in [0.25, 0.3) is 21.5 Å². The first-order valence-electron chi connectivity index (χ1n) is 29.5. The number of rotatable bonds is 19. The van der Waals surface area contributed by atoms with Crippen LogP contribution in [0, 0.1) is 11.6 Å². The largest absolute Gasteiger partial charge is 0.444 e. The number of halogens is 2. The number of nitrogens with two attached hydrogens (primary N) is 1. The molecule has 470 valence electrons. The summed E-state index contributed by atoms with van der Waals surface area (Å²) in [6, 6.07) is 38.1. The molecule has 6 atom stereocenters. The van der Waals surface area contributed by atoms with Gasteiger partial charge in [-0.25, -0.2) is 13.6 Å². The van der Waals surface area contributed by atoms with Gasteiger partial charge in [-0.05, 0) is 135 Å². The summed E-state index contributed by atoms with van der Waals surface area (Å²) in [7, 11) is 3.30. The Morgan fingerprint density at radius 2 is 0.954 bits per heavy atom. The lowest BCUT2D eigenvalue weighted by molar-refractivity contribution is -0.143. The van der Waals surface area contributed by atoms with E-state index in [0.29, 0.717) is 70.5 Å². The Hall–Kier alpha value is -7.80. The first kappa shape index (κ1) is 70.0. The zero-order chi connectivity index (χ0) is 61.6. The van der Waals surface area contributed by atoms with Gasteiger partial charge in [-0.1, -0.05) is 138 Å². The van der Waals surface area contributed by atoms with Gasteiger partial charge in [-0.15, -0.1) is 0 Å². The van der Waals surface area contributed by atoms with Crippen molar-refractivity contribution in [2.24, 2.45) is 5.73 Å². The summed E-state index contributed by atoms with van der Waals surface area (Å²) < 4.78 is 32.3. The highest BCUT2D eigenvalue weighted by Gasteiger charge is 2.41. The van der Waals surface area contributed by atoms with Crippen LogP contribution in [-0.4, -0.2) is 156 Å². The second-order valence-electron chi connectivity index (χ2n) is 23.8. The highest BCUT2D eigenvalue weighted by Crippen LogP contribution is 2.25. The van der Waals surface area contributed by atoms with Gasteiger partial charge in [-0.3, -0.25) is 33.8 Å². The van der Waals surface area contributed by atoms with Crippen LogP contribution in [0.1, 0.15) is 98.4 Å². The van der Waals surface area contributed by atoms with Crippen molar-refractivity contribution >= 4 is 57.2 Å². The standard InChI is InChI=1S/C38H50FN5O5.C29H35FN4O2.2CH4/c1-8-30-24-43(32(33(45)40-7)23-26-13-16-27-11-9-10-12-28(27)21-26)19-20-44(30)34(46)31(22-25-14-17-29(39)18-15-25)41-35(47)38(5,6)42-36(48)49-37(2,3)4;1-3-25-19-33(14-15-34(25)29(36)26(31)17-20-9-12-24(30)13-10-20)27(28(35)32-2)18-21-8-11-22-6-4-5-7-23(22)16-21;;/h9-18,21,30-32H,8,19-20,22-24H2,1-7H3,(H,40,45)(H,41,47)(H,42,48);4-13,16,25-27H,3,14-15,17-19,31H2,1-2H3,(H,32,35);2*1H4/t30-,31+,32-;25-,26+,27-;;/m00../s1. The van der Waals surface area contributed by atoms with E-state index in [-0.39, 0.29) is 68.8 Å². The maximum Gasteiger partial charge on any atom is 0.408 e. The van der Waals surface area contributed by atoms with E-state index in [1.807, 2.05) is 36.1 Å². The van der Waals surface area contributed by atoms with Crippen molar-refractivity contribution in [1.82, 2.24) is 40.9 Å². The highest BCUT2D eigenvalue weighted by atomic mass is 19.1. The minimum atomic E-state index is -1.41. The third kappa shape index (κ3) is 19.1. The van der Waals surface area contributed by atoms with E-state index in [9.17, 15) is 37.5 Å². The number of hydrogen-bond acceptors (Lipinski definition) is 10. The number of amides is 6. The average Bonchev–Trinajstić information content (AvgIpc) is 1.20. The van der Waals surface area contributed by atoms with E-state index in [1.165, 1.54) is 43.5 Å². The topological polar surface area (TPSA) is 199 Å². The molecule has 6 N–H and O–H groups in total. The maximum atomic E-state index is 14.3. The summed E-state index contributed by atoms with van der Waals surface area (Å²) in [6.45, 7) is 15.3. The number of nitrogens with zero attached hydrogens (tertiary/aromatic N) is 4. The van der Waals surface area contributed by atoms with Crippen molar-refractivity contribution in [1.29, 1.82) is 0 Å². The molecule has 2 fully saturated rings. The molecule has 0 saturated carbocycles. The summed E-state index contributed by atoms with van der Waals surface area (Å²) in [4.78, 5) is 87.8. The first-order valence-corrected chi connectivity index (χ1v) is 29.5. The van der Waals surface area contributed by atoms with Crippen LogP contribution in [-0.2, 0) is 54.4 Å². The van der Waals surface area contributed by atoms with Crippen molar-refractivity contribution in [3.63, 3.8) is 0 Å². The summed E-state index contributed by atoms with van der Waals surface area (Å²) >= 11 is 0. The molecule has 0 radical (unpaired) electrons. The van der Waals surface area contributed by atoms with Gasteiger partial charge >= 0.3 is 6.09 Å². The molecule has 6 aromatic rings. The van der Waals surface area contributed by atoms with Crippen molar-refractivity contribution in [2.45, 2.75) is 149 Å². The molecule has 0 spiro atoms. The number of likely N-dealkylation sites (N-methyl/N-ethyl adjacent to an activating group) is 2. The second kappa shape index (κ2) is 31.7. The Balaban J connectivity index is 0.000000324. The number of fused-ring (bicyclic) bond motifs is 2. The number of carbonyl (C=O) groups is 6. The number of nitrogens with one attached hydrogen (secondary N) is 4. The molecule has 18 heteroatoms. The monoisotopic (exact) mass is 1200 g/mol. The molecule has 16 nitrogen and oxygen atoms in total. The lowest BCUT2D eigenvalue weighted by atomic mass is 9.97. The maximum absolute atomic E-state index is 14.3. The summed E-state index contributed by atoms with van der Waals surface area (Å²) in [5, 5.41) is 15.7. The minimum absolute atomic E-state index is 0. The van der Waals surface area contributed by atoms with Gasteiger partial charge in [0.15, 0.2) is 0 Å². The molecule has 2 heterocycles. The molecular weight excluding hydrogens is 1100 g/mol. The summed E-state index contributed by atoms with van der Waals surface area (Å²) in [5.41, 5.74) is 7.77. The van der Waals surface area contributed by atoms with Crippen LogP contribution < -0.4 is 27.0 Å². The number of ether oxygens (including phenoxy) is 1. The molecule has 2 aliphatic heterocycles. The van der Waals surface area contributed by atoms with E-state index in [1.54, 1.807) is 64.0 Å². The van der Waals surface area contributed by atoms with Crippen LogP contribution in [0.15, 0.2) is 133 Å². The summed E-state index contributed by atoms with van der Waals surface area (Å²) in [5.74, 6) is -1.79. The Kier molecular flexibility index (Phi) is 25.5. The van der Waals surface area contributed by atoms with Gasteiger partial charge in [0.2, 0.25) is 29.5 Å². The van der Waals surface area contributed by atoms with Crippen LogP contribution in [0.4, 0.5) is 13.6 Å². The fourth-order valence-electron chi connectivity index (χ4n) is 11.3. The third-order valence-electron chi connectivity index (χ3n) is 16.0. The zero-order valence-electron chi connectivity index (χ0n) is 50.6. The molecule has 0 aliphatic carbocycles. The van der Waals surface area contributed by atoms with E-state index in [0.717, 1.165) is 39.3 Å². The summed E-state index contributed by atoms with van der Waals surface area (Å²) in [6.07, 6.45) is 2.22. The van der Waals surface area contributed by atoms with E-state index in [2.05, 4.69) is 98.7 Å². The van der Waals surface area contributed by atoms with Gasteiger partial charge < -0.3 is 41.5 Å². The quantitative estimate of drug-likeness (QED) is 0.0522. The van der Waals surface area contributed by atoms with E-state index < -0.39 is 47.1 Å². The Morgan fingerprint density at radius 3 is 1.37 bits per heavy atom. The normalized spacial score (nSPS) is 17.0. The number of piperazine rings is 2. The predicted octanol–water partition coefficient (Wildman–Crippen LogP) is 8.99. The van der Waals surface area contributed by atoms with Crippen molar-refractivity contribution in [3.8, 4) is 0 Å². The van der Waals surface area contributed by atoms with Crippen LogP contribution in [0.3, 0.4) is 0 Å². The molecule has 8 rings (SSSR count). The van der Waals surface area contributed by atoms with Crippen molar-refractivity contribution < 1.29 is 42.3 Å². The van der Waals surface area contributed by atoms with Gasteiger partial charge in [0.25, 0.3) is 0 Å². The average molecular weight is 1200 g/mol. The number of benzene rings is 6. The van der Waals surface area contributed by atoms with Crippen LogP contribution in [0.5, 0.6) is 0 Å². The smallest absolute Gasteiger partial charge is 0.408 e. The number of carbonyl (C=O) groups excluding carboxylic acids is 6. The van der Waals surface area contributed by atoms with Crippen molar-refractivity contribution in [3.05, 3.63) is 167 Å². The molecule has 2 saturated heterocycles. The first-order chi connectivity index (χ1) is 40.5. The van der Waals surface area contributed by atoms with Gasteiger partial charge in [-0.2, -0.15) is 0 Å². The molecule has 0 aromatic heterocycles. The van der Waals surface area contributed by atoms with Crippen LogP contribution in [0.2, 0.25) is 0 Å². The highest BCUT2D eigenvalue weighted by molar-refractivity contribution is 5.94. The minimum Gasteiger partial charge on any atom is -0.444 e. The Labute approximate surface area is 513 Å². The number of alkyl carbamates (subject to hydrolysis) is 1. The van der Waals surface area contributed by atoms with E-state index in [4.69, 9.17) is 10.5 Å². The Bertz CT molecular complexity index is 3260. The van der Waals surface area contributed by atoms with Gasteiger partial charge in [0.1, 0.15) is 28.8 Å². The van der Waals surface area contributed by atoms with Gasteiger partial charge in [0, 0.05) is 71.9 Å². The van der Waals surface area contributed by atoms with Crippen LogP contribution >= 0.6 is 0 Å². The lowest BCUT2D eigenvalue weighted by Crippen LogP contribution is -2.64. The van der Waals surface area contributed by atoms with E-state index >= 15 is 0 Å². The van der Waals surface area contributed by atoms with Crippen molar-refractivity contribution in [2.75, 3.05) is 53.4 Å². The predicted molar refractivity (Wildman–Crippen MR) is 343 cm³/mol. The fraction of sp³-hybridized carbons (Fsp3) is 0.449. The molecule has 2 aliphatic rings. The molecular formula is C69H93F2N9O7. The number of hydrogen-bond donors (Lipinski definition) is 5.